The second-order valence-corrected chi connectivity index (χ2v) is 3.22. The van der Waals surface area contributed by atoms with Gasteiger partial charge < -0.3 is 4.74 Å². The summed E-state index contributed by atoms with van der Waals surface area (Å²) < 4.78 is 4.87. The summed E-state index contributed by atoms with van der Waals surface area (Å²) in [5, 5.41) is 5.29. The molecule has 0 spiro atoms. The van der Waals surface area contributed by atoms with Crippen molar-refractivity contribution in [3.05, 3.63) is 48.6 Å². The molecule has 0 aliphatic carbocycles. The third-order valence-corrected chi connectivity index (χ3v) is 1.93. The van der Waals surface area contributed by atoms with Crippen molar-refractivity contribution in [2.75, 3.05) is 13.2 Å². The van der Waals surface area contributed by atoms with Gasteiger partial charge in [-0.15, -0.1) is 6.58 Å². The van der Waals surface area contributed by atoms with Crippen LogP contribution in [-0.4, -0.2) is 30.5 Å². The Morgan fingerprint density at radius 3 is 2.76 bits per heavy atom. The standard InChI is InChI=1S/C13H16N2O2/c1-3-10-15(13(16)17-4-2)14-11-12-8-6-5-7-9-12/h3,5-9,11H,1,4,10H2,2H3/b14-11-. The summed E-state index contributed by atoms with van der Waals surface area (Å²) in [5.74, 6) is 0. The summed E-state index contributed by atoms with van der Waals surface area (Å²) in [6, 6.07) is 9.54. The first-order valence-electron chi connectivity index (χ1n) is 5.42. The monoisotopic (exact) mass is 232 g/mol. The number of benzene rings is 1. The number of amides is 1. The molecule has 0 aliphatic heterocycles. The number of carbonyl (C=O) groups is 1. The summed E-state index contributed by atoms with van der Waals surface area (Å²) in [7, 11) is 0. The molecule has 1 amide bonds. The molecule has 0 aromatic heterocycles. The van der Waals surface area contributed by atoms with Crippen LogP contribution in [0.25, 0.3) is 0 Å². The fraction of sp³-hybridized carbons (Fsp3) is 0.231. The molecule has 0 N–H and O–H groups in total. The molecule has 0 heterocycles. The first-order valence-corrected chi connectivity index (χ1v) is 5.42. The first-order chi connectivity index (χ1) is 8.27. The predicted octanol–water partition coefficient (Wildman–Crippen LogP) is 2.67. The molecule has 0 bridgehead atoms. The molecule has 0 radical (unpaired) electrons. The van der Waals surface area contributed by atoms with Gasteiger partial charge in [0.05, 0.1) is 19.4 Å². The lowest BCUT2D eigenvalue weighted by atomic mass is 10.2. The number of ether oxygens (including phenoxy) is 1. The van der Waals surface area contributed by atoms with E-state index in [-0.39, 0.29) is 0 Å². The SMILES string of the molecule is C=CCN(/N=C\c1ccccc1)C(=O)OCC. The van der Waals surface area contributed by atoms with Gasteiger partial charge in [0.2, 0.25) is 0 Å². The molecule has 0 atom stereocenters. The average Bonchev–Trinajstić information content (AvgIpc) is 2.36. The van der Waals surface area contributed by atoms with Crippen molar-refractivity contribution < 1.29 is 9.53 Å². The molecular formula is C13H16N2O2. The summed E-state index contributed by atoms with van der Waals surface area (Å²) >= 11 is 0. The molecule has 1 aromatic carbocycles. The van der Waals surface area contributed by atoms with Gasteiger partial charge in [-0.1, -0.05) is 36.4 Å². The number of rotatable bonds is 5. The molecule has 17 heavy (non-hydrogen) atoms. The zero-order chi connectivity index (χ0) is 12.5. The van der Waals surface area contributed by atoms with Crippen LogP contribution in [0.5, 0.6) is 0 Å². The van der Waals surface area contributed by atoms with Gasteiger partial charge in [0, 0.05) is 0 Å². The van der Waals surface area contributed by atoms with Crippen LogP contribution >= 0.6 is 0 Å². The van der Waals surface area contributed by atoms with Crippen molar-refractivity contribution in [1.82, 2.24) is 5.01 Å². The largest absolute Gasteiger partial charge is 0.448 e. The van der Waals surface area contributed by atoms with Crippen molar-refractivity contribution in [3.8, 4) is 0 Å². The highest BCUT2D eigenvalue weighted by Crippen LogP contribution is 1.99. The van der Waals surface area contributed by atoms with Crippen LogP contribution in [0.1, 0.15) is 12.5 Å². The van der Waals surface area contributed by atoms with Crippen LogP contribution in [0, 0.1) is 0 Å². The van der Waals surface area contributed by atoms with Gasteiger partial charge in [-0.2, -0.15) is 10.1 Å². The summed E-state index contributed by atoms with van der Waals surface area (Å²) in [6.07, 6.45) is 2.74. The van der Waals surface area contributed by atoms with E-state index < -0.39 is 6.09 Å². The van der Waals surface area contributed by atoms with Gasteiger partial charge in [-0.05, 0) is 12.5 Å². The highest BCUT2D eigenvalue weighted by atomic mass is 16.6. The molecule has 90 valence electrons. The van der Waals surface area contributed by atoms with E-state index in [0.29, 0.717) is 13.2 Å². The molecule has 0 saturated heterocycles. The minimum Gasteiger partial charge on any atom is -0.448 e. The van der Waals surface area contributed by atoms with E-state index in [1.54, 1.807) is 19.2 Å². The topological polar surface area (TPSA) is 41.9 Å². The Morgan fingerprint density at radius 1 is 1.47 bits per heavy atom. The van der Waals surface area contributed by atoms with Crippen molar-refractivity contribution in [2.45, 2.75) is 6.92 Å². The van der Waals surface area contributed by atoms with Crippen molar-refractivity contribution in [1.29, 1.82) is 0 Å². The highest BCUT2D eigenvalue weighted by molar-refractivity contribution is 5.80. The number of hydrazone groups is 1. The lowest BCUT2D eigenvalue weighted by molar-refractivity contribution is 0.113. The van der Waals surface area contributed by atoms with E-state index in [4.69, 9.17) is 4.74 Å². The van der Waals surface area contributed by atoms with Gasteiger partial charge in [-0.3, -0.25) is 0 Å². The van der Waals surface area contributed by atoms with Crippen molar-refractivity contribution >= 4 is 12.3 Å². The summed E-state index contributed by atoms with van der Waals surface area (Å²) in [6.45, 7) is 5.98. The second-order valence-electron chi connectivity index (χ2n) is 3.22. The molecule has 4 nitrogen and oxygen atoms in total. The Bertz CT molecular complexity index is 388. The van der Waals surface area contributed by atoms with Crippen LogP contribution in [0.15, 0.2) is 48.1 Å². The molecule has 4 heteroatoms. The normalized spacial score (nSPS) is 10.2. The first kappa shape index (κ1) is 13.0. The van der Waals surface area contributed by atoms with E-state index in [0.717, 1.165) is 5.56 Å². The Balaban J connectivity index is 2.69. The summed E-state index contributed by atoms with van der Waals surface area (Å²) in [4.78, 5) is 11.5. The van der Waals surface area contributed by atoms with Gasteiger partial charge in [0.15, 0.2) is 0 Å². The predicted molar refractivity (Wildman–Crippen MR) is 68.0 cm³/mol. The lowest BCUT2D eigenvalue weighted by Crippen LogP contribution is -2.26. The Labute approximate surface area is 101 Å². The molecule has 0 unspecified atom stereocenters. The van der Waals surface area contributed by atoms with E-state index in [2.05, 4.69) is 11.7 Å². The van der Waals surface area contributed by atoms with Gasteiger partial charge >= 0.3 is 6.09 Å². The minimum absolute atomic E-state index is 0.322. The van der Waals surface area contributed by atoms with Crippen molar-refractivity contribution in [3.63, 3.8) is 0 Å². The third-order valence-electron chi connectivity index (χ3n) is 1.93. The fourth-order valence-electron chi connectivity index (χ4n) is 1.16. The number of carbonyl (C=O) groups excluding carboxylic acids is 1. The van der Waals surface area contributed by atoms with Gasteiger partial charge in [0.25, 0.3) is 0 Å². The zero-order valence-electron chi connectivity index (χ0n) is 9.87. The maximum atomic E-state index is 11.5. The lowest BCUT2D eigenvalue weighted by Gasteiger charge is -2.13. The van der Waals surface area contributed by atoms with E-state index >= 15 is 0 Å². The molecule has 0 fully saturated rings. The maximum Gasteiger partial charge on any atom is 0.430 e. The van der Waals surface area contributed by atoms with Crippen LogP contribution in [0.2, 0.25) is 0 Å². The Morgan fingerprint density at radius 2 is 2.18 bits per heavy atom. The smallest absolute Gasteiger partial charge is 0.430 e. The van der Waals surface area contributed by atoms with E-state index in [9.17, 15) is 4.79 Å². The molecular weight excluding hydrogens is 216 g/mol. The number of hydrogen-bond donors (Lipinski definition) is 0. The van der Waals surface area contributed by atoms with E-state index in [1.165, 1.54) is 5.01 Å². The van der Waals surface area contributed by atoms with Crippen LogP contribution in [0.4, 0.5) is 4.79 Å². The van der Waals surface area contributed by atoms with Crippen molar-refractivity contribution in [2.24, 2.45) is 5.10 Å². The molecule has 0 saturated carbocycles. The van der Waals surface area contributed by atoms with Crippen LogP contribution in [-0.2, 0) is 4.74 Å². The van der Waals surface area contributed by atoms with Crippen LogP contribution < -0.4 is 0 Å². The fourth-order valence-corrected chi connectivity index (χ4v) is 1.16. The third kappa shape index (κ3) is 4.51. The quantitative estimate of drug-likeness (QED) is 0.445. The Hall–Kier alpha value is -2.10. The number of nitrogens with zero attached hydrogens (tertiary/aromatic N) is 2. The van der Waals surface area contributed by atoms with E-state index in [1.807, 2.05) is 30.3 Å². The van der Waals surface area contributed by atoms with Gasteiger partial charge in [-0.25, -0.2) is 4.79 Å². The second kappa shape index (κ2) is 7.22. The number of hydrogen-bond acceptors (Lipinski definition) is 3. The minimum atomic E-state index is -0.473. The van der Waals surface area contributed by atoms with Crippen LogP contribution in [0.3, 0.4) is 0 Å². The molecule has 0 aliphatic rings. The average molecular weight is 232 g/mol. The molecule has 1 aromatic rings. The van der Waals surface area contributed by atoms with Gasteiger partial charge in [0.1, 0.15) is 0 Å². The molecule has 1 rings (SSSR count). The zero-order valence-corrected chi connectivity index (χ0v) is 9.87. The Kier molecular flexibility index (Phi) is 5.51. The summed E-state index contributed by atoms with van der Waals surface area (Å²) in [5.41, 5.74) is 0.922. The maximum absolute atomic E-state index is 11.5. The highest BCUT2D eigenvalue weighted by Gasteiger charge is 2.10.